The summed E-state index contributed by atoms with van der Waals surface area (Å²) in [5, 5.41) is 0. The zero-order chi connectivity index (χ0) is 19.9. The lowest BCUT2D eigenvalue weighted by Crippen LogP contribution is -2.55. The Morgan fingerprint density at radius 3 is 2.31 bits per heavy atom. The van der Waals surface area contributed by atoms with Gasteiger partial charge in [0, 0.05) is 24.1 Å². The highest BCUT2D eigenvalue weighted by molar-refractivity contribution is 6.06. The van der Waals surface area contributed by atoms with Gasteiger partial charge < -0.3 is 14.2 Å². The number of para-hydroxylation sites is 1. The first kappa shape index (κ1) is 18.8. The molecule has 2 aromatic rings. The van der Waals surface area contributed by atoms with Crippen LogP contribution < -0.4 is 4.90 Å². The van der Waals surface area contributed by atoms with Crippen LogP contribution in [0, 0.1) is 0 Å². The second-order valence-electron chi connectivity index (χ2n) is 8.24. The summed E-state index contributed by atoms with van der Waals surface area (Å²) in [6.45, 7) is 6.48. The molecule has 0 N–H and O–H groups in total. The molecule has 2 aromatic carbocycles. The van der Waals surface area contributed by atoms with Crippen LogP contribution in [0.3, 0.4) is 0 Å². The molecule has 0 unspecified atom stereocenters. The van der Waals surface area contributed by atoms with Crippen molar-refractivity contribution in [3.05, 3.63) is 65.7 Å². The maximum Gasteiger partial charge on any atom is 0.293 e. The van der Waals surface area contributed by atoms with Crippen LogP contribution in [0.25, 0.3) is 0 Å². The first-order valence-corrected chi connectivity index (χ1v) is 10.2. The number of nitrogens with zero attached hydrogens (tertiary/aromatic N) is 2. The molecule has 3 aliphatic rings. The fourth-order valence-corrected chi connectivity index (χ4v) is 4.36. The summed E-state index contributed by atoms with van der Waals surface area (Å²) >= 11 is 0. The molecule has 5 rings (SSSR count). The van der Waals surface area contributed by atoms with Crippen LogP contribution in [-0.4, -0.2) is 57.0 Å². The number of fused-ring (bicyclic) bond motifs is 2. The molecule has 1 amide bonds. The van der Waals surface area contributed by atoms with Crippen molar-refractivity contribution in [2.45, 2.75) is 18.1 Å². The molecule has 152 valence electrons. The van der Waals surface area contributed by atoms with E-state index in [1.807, 2.05) is 42.5 Å². The van der Waals surface area contributed by atoms with E-state index < -0.39 is 5.79 Å². The Balaban J connectivity index is 1.43. The number of amides is 1. The summed E-state index contributed by atoms with van der Waals surface area (Å²) in [7, 11) is 0. The van der Waals surface area contributed by atoms with Crippen LogP contribution >= 0.6 is 0 Å². The van der Waals surface area contributed by atoms with Gasteiger partial charge in [0.2, 0.25) is 0 Å². The minimum absolute atomic E-state index is 0.139. The van der Waals surface area contributed by atoms with E-state index in [0.29, 0.717) is 33.1 Å². The van der Waals surface area contributed by atoms with Crippen LogP contribution in [0.5, 0.6) is 0 Å². The second kappa shape index (κ2) is 7.22. The molecular formula is C23H26N2O4. The highest BCUT2D eigenvalue weighted by Gasteiger charge is 2.57. The summed E-state index contributed by atoms with van der Waals surface area (Å²) in [6, 6.07) is 18.0. The van der Waals surface area contributed by atoms with Crippen molar-refractivity contribution in [3.8, 4) is 0 Å². The van der Waals surface area contributed by atoms with Gasteiger partial charge in [-0.1, -0.05) is 55.5 Å². The molecule has 0 radical (unpaired) electrons. The van der Waals surface area contributed by atoms with Crippen molar-refractivity contribution in [2.75, 3.05) is 51.1 Å². The predicted octanol–water partition coefficient (Wildman–Crippen LogP) is 2.48. The fourth-order valence-electron chi connectivity index (χ4n) is 4.36. The van der Waals surface area contributed by atoms with E-state index in [1.54, 1.807) is 4.90 Å². The number of rotatable bonds is 3. The zero-order valence-electron chi connectivity index (χ0n) is 16.7. The Labute approximate surface area is 171 Å². The first-order chi connectivity index (χ1) is 14.1. The Bertz CT molecular complexity index is 887. The molecule has 6 nitrogen and oxygen atoms in total. The summed E-state index contributed by atoms with van der Waals surface area (Å²) in [6.07, 6.45) is 0. The summed E-state index contributed by atoms with van der Waals surface area (Å²) in [5.74, 6) is -1.49. The average molecular weight is 394 g/mol. The maximum atomic E-state index is 13.6. The fraction of sp³-hybridized carbons (Fsp3) is 0.435. The van der Waals surface area contributed by atoms with Crippen molar-refractivity contribution < 1.29 is 19.0 Å². The van der Waals surface area contributed by atoms with Gasteiger partial charge in [0.25, 0.3) is 11.7 Å². The maximum absolute atomic E-state index is 13.6. The molecule has 3 heterocycles. The van der Waals surface area contributed by atoms with Gasteiger partial charge in [0.1, 0.15) is 0 Å². The zero-order valence-corrected chi connectivity index (χ0v) is 16.7. The third-order valence-corrected chi connectivity index (χ3v) is 6.18. The Morgan fingerprint density at radius 2 is 1.59 bits per heavy atom. The normalized spacial score (nSPS) is 30.0. The van der Waals surface area contributed by atoms with Crippen LogP contribution in [0.2, 0.25) is 0 Å². The summed E-state index contributed by atoms with van der Waals surface area (Å²) in [5.41, 5.74) is 2.53. The molecule has 0 bridgehead atoms. The van der Waals surface area contributed by atoms with Gasteiger partial charge in [-0.15, -0.1) is 0 Å². The molecule has 0 atom stereocenters. The first-order valence-electron chi connectivity index (χ1n) is 10.2. The van der Waals surface area contributed by atoms with Crippen molar-refractivity contribution in [1.82, 2.24) is 4.90 Å². The minimum atomic E-state index is -1.35. The molecule has 0 aromatic heterocycles. The number of hydrogen-bond donors (Lipinski definition) is 0. The number of benzene rings is 2. The highest BCUT2D eigenvalue weighted by atomic mass is 16.7. The van der Waals surface area contributed by atoms with E-state index in [4.69, 9.17) is 14.2 Å². The van der Waals surface area contributed by atoms with E-state index in [1.165, 1.54) is 0 Å². The van der Waals surface area contributed by atoms with Crippen molar-refractivity contribution >= 4 is 11.6 Å². The number of anilines is 1. The quantitative estimate of drug-likeness (QED) is 0.801. The van der Waals surface area contributed by atoms with E-state index in [9.17, 15) is 4.79 Å². The van der Waals surface area contributed by atoms with Crippen molar-refractivity contribution in [2.24, 2.45) is 0 Å². The molecule has 2 fully saturated rings. The third-order valence-electron chi connectivity index (χ3n) is 6.18. The Hall–Kier alpha value is -2.25. The largest absolute Gasteiger partial charge is 0.379 e. The Kier molecular flexibility index (Phi) is 4.67. The van der Waals surface area contributed by atoms with Gasteiger partial charge in [-0.05, 0) is 11.6 Å². The monoisotopic (exact) mass is 394 g/mol. The smallest absolute Gasteiger partial charge is 0.293 e. The molecule has 0 saturated carbocycles. The van der Waals surface area contributed by atoms with Crippen LogP contribution in [0.4, 0.5) is 5.69 Å². The van der Waals surface area contributed by atoms with E-state index in [0.717, 1.165) is 29.9 Å². The number of ether oxygens (including phenoxy) is 3. The number of morpholine rings is 1. The predicted molar refractivity (Wildman–Crippen MR) is 109 cm³/mol. The SMILES string of the molecule is CC1(c2ccccc2)COC2(OC1)C(=O)N(CN1CCOCC1)c1ccccc12. The van der Waals surface area contributed by atoms with Crippen LogP contribution in [0.1, 0.15) is 18.1 Å². The molecule has 0 aliphatic carbocycles. The number of hydrogen-bond acceptors (Lipinski definition) is 5. The lowest BCUT2D eigenvalue weighted by molar-refractivity contribution is -0.276. The standard InChI is InChI=1S/C23H26N2O4/c1-22(18-7-3-2-4-8-18)15-28-23(29-16-22)19-9-5-6-10-20(19)25(21(23)26)17-24-11-13-27-14-12-24/h2-10H,11-17H2,1H3. The van der Waals surface area contributed by atoms with Gasteiger partial charge in [0.15, 0.2) is 0 Å². The van der Waals surface area contributed by atoms with Crippen molar-refractivity contribution in [1.29, 1.82) is 0 Å². The third kappa shape index (κ3) is 3.07. The molecule has 3 aliphatic heterocycles. The molecular weight excluding hydrogens is 368 g/mol. The van der Waals surface area contributed by atoms with Crippen molar-refractivity contribution in [3.63, 3.8) is 0 Å². The number of carbonyl (C=O) groups excluding carboxylic acids is 1. The van der Waals surface area contributed by atoms with E-state index >= 15 is 0 Å². The van der Waals surface area contributed by atoms with Gasteiger partial charge in [-0.3, -0.25) is 14.6 Å². The second-order valence-corrected chi connectivity index (χ2v) is 8.24. The highest BCUT2D eigenvalue weighted by Crippen LogP contribution is 2.47. The molecule has 29 heavy (non-hydrogen) atoms. The van der Waals surface area contributed by atoms with Crippen LogP contribution in [0.15, 0.2) is 54.6 Å². The number of carbonyl (C=O) groups is 1. The van der Waals surface area contributed by atoms with Gasteiger partial charge in [0.05, 0.1) is 38.8 Å². The average Bonchev–Trinajstić information content (AvgIpc) is 3.00. The summed E-state index contributed by atoms with van der Waals surface area (Å²) in [4.78, 5) is 17.6. The Morgan fingerprint density at radius 1 is 0.931 bits per heavy atom. The lowest BCUT2D eigenvalue weighted by atomic mass is 9.83. The molecule has 1 spiro atoms. The molecule has 6 heteroatoms. The van der Waals surface area contributed by atoms with Gasteiger partial charge in [-0.2, -0.15) is 0 Å². The van der Waals surface area contributed by atoms with Gasteiger partial charge in [-0.25, -0.2) is 0 Å². The minimum Gasteiger partial charge on any atom is -0.379 e. The topological polar surface area (TPSA) is 51.2 Å². The van der Waals surface area contributed by atoms with E-state index in [2.05, 4.69) is 24.0 Å². The van der Waals surface area contributed by atoms with Crippen LogP contribution in [-0.2, 0) is 30.2 Å². The summed E-state index contributed by atoms with van der Waals surface area (Å²) < 4.78 is 18.0. The molecule has 2 saturated heterocycles. The lowest BCUT2D eigenvalue weighted by Gasteiger charge is -2.42. The van der Waals surface area contributed by atoms with Gasteiger partial charge >= 0.3 is 0 Å². The van der Waals surface area contributed by atoms with E-state index in [-0.39, 0.29) is 11.3 Å².